The molecule has 1 aliphatic carbocycles. The molecule has 0 atom stereocenters. The van der Waals surface area contributed by atoms with Crippen LogP contribution < -0.4 is 5.32 Å². The predicted octanol–water partition coefficient (Wildman–Crippen LogP) is 3.45. The molecular weight excluding hydrogens is 349 g/mol. The number of nitrogens with one attached hydrogen (secondary N) is 1. The van der Waals surface area contributed by atoms with Gasteiger partial charge < -0.3 is 9.84 Å². The van der Waals surface area contributed by atoms with Crippen LogP contribution >= 0.6 is 0 Å². The Morgan fingerprint density at radius 2 is 1.96 bits per heavy atom. The van der Waals surface area contributed by atoms with Gasteiger partial charge in [-0.1, -0.05) is 18.1 Å². The van der Waals surface area contributed by atoms with Crippen molar-refractivity contribution in [1.29, 1.82) is 0 Å². The minimum atomic E-state index is -4.89. The lowest BCUT2D eigenvalue weighted by Gasteiger charge is -2.11. The average Bonchev–Trinajstić information content (AvgIpc) is 3.10. The second-order valence-corrected chi connectivity index (χ2v) is 6.06. The molecule has 1 aliphatic rings. The number of halogens is 5. The highest BCUT2D eigenvalue weighted by Crippen LogP contribution is 2.45. The van der Waals surface area contributed by atoms with Gasteiger partial charge >= 0.3 is 12.1 Å². The van der Waals surface area contributed by atoms with Crippen LogP contribution in [0.2, 0.25) is 0 Å². The predicted molar refractivity (Wildman–Crippen MR) is 73.8 cm³/mol. The quantitative estimate of drug-likeness (QED) is 0.847. The Hall–Kier alpha value is -2.52. The molecule has 1 fully saturated rings. The number of carbonyl (C=O) groups excluding carboxylic acids is 1. The summed E-state index contributed by atoms with van der Waals surface area (Å²) in [6.45, 7) is 1.52. The minimum Gasteiger partial charge on any atom is -0.351 e. The fourth-order valence-electron chi connectivity index (χ4n) is 2.15. The highest BCUT2D eigenvalue weighted by atomic mass is 19.4. The Balaban J connectivity index is 1.80. The number of hydrogen-bond acceptors (Lipinski definition) is 4. The number of hydrogen-bond donors (Lipinski definition) is 1. The molecule has 1 amide bonds. The number of carbonyl (C=O) groups is 1. The average molecular weight is 361 g/mol. The topological polar surface area (TPSA) is 68.0 Å². The summed E-state index contributed by atoms with van der Waals surface area (Å²) in [5.74, 6) is -5.35. The lowest BCUT2D eigenvalue weighted by atomic mass is 10.1. The van der Waals surface area contributed by atoms with Crippen molar-refractivity contribution in [2.75, 3.05) is 0 Å². The summed E-state index contributed by atoms with van der Waals surface area (Å²) < 4.78 is 69.6. The maximum Gasteiger partial charge on any atom is 0.471 e. The number of alkyl halides is 3. The second-order valence-electron chi connectivity index (χ2n) is 6.06. The van der Waals surface area contributed by atoms with Crippen molar-refractivity contribution in [3.63, 3.8) is 0 Å². The van der Waals surface area contributed by atoms with Crippen molar-refractivity contribution < 1.29 is 31.3 Å². The fraction of sp³-hybridized carbons (Fsp3) is 0.400. The molecule has 1 saturated carbocycles. The lowest BCUT2D eigenvalue weighted by molar-refractivity contribution is -0.159. The Morgan fingerprint density at radius 1 is 1.28 bits per heavy atom. The molecule has 1 N–H and O–H groups in total. The van der Waals surface area contributed by atoms with Gasteiger partial charge in [0, 0.05) is 17.5 Å². The first-order valence-corrected chi connectivity index (χ1v) is 7.28. The Kier molecular flexibility index (Phi) is 4.00. The van der Waals surface area contributed by atoms with Crippen molar-refractivity contribution in [2.24, 2.45) is 5.41 Å². The van der Waals surface area contributed by atoms with Gasteiger partial charge in [-0.15, -0.1) is 0 Å². The molecule has 10 heteroatoms. The monoisotopic (exact) mass is 361 g/mol. The van der Waals surface area contributed by atoms with Gasteiger partial charge in [0.15, 0.2) is 11.6 Å². The van der Waals surface area contributed by atoms with Crippen molar-refractivity contribution in [3.05, 3.63) is 35.2 Å². The fourth-order valence-corrected chi connectivity index (χ4v) is 2.15. The van der Waals surface area contributed by atoms with Gasteiger partial charge in [0.2, 0.25) is 11.7 Å². The normalized spacial score (nSPS) is 15.9. The molecule has 3 rings (SSSR count). The number of benzene rings is 1. The van der Waals surface area contributed by atoms with Crippen LogP contribution in [0.3, 0.4) is 0 Å². The van der Waals surface area contributed by atoms with E-state index in [1.165, 1.54) is 0 Å². The molecule has 1 aromatic carbocycles. The Labute approximate surface area is 138 Å². The molecule has 2 aromatic rings. The van der Waals surface area contributed by atoms with Crippen molar-refractivity contribution in [2.45, 2.75) is 32.5 Å². The van der Waals surface area contributed by atoms with Crippen LogP contribution in [-0.4, -0.2) is 16.0 Å². The van der Waals surface area contributed by atoms with Gasteiger partial charge in [-0.25, -0.2) is 8.78 Å². The van der Waals surface area contributed by atoms with Crippen LogP contribution in [0.4, 0.5) is 22.0 Å². The molecule has 0 radical (unpaired) electrons. The molecule has 25 heavy (non-hydrogen) atoms. The second kappa shape index (κ2) is 5.78. The number of nitrogens with zero attached hydrogens (tertiary/aromatic N) is 2. The zero-order valence-electron chi connectivity index (χ0n) is 12.9. The van der Waals surface area contributed by atoms with E-state index in [-0.39, 0.29) is 18.0 Å². The Morgan fingerprint density at radius 3 is 2.52 bits per heavy atom. The molecule has 0 saturated heterocycles. The summed E-state index contributed by atoms with van der Waals surface area (Å²) in [6, 6.07) is 2.18. The summed E-state index contributed by atoms with van der Waals surface area (Å²) in [7, 11) is 0. The van der Waals surface area contributed by atoms with Gasteiger partial charge in [-0.2, -0.15) is 18.2 Å². The maximum absolute atomic E-state index is 14.1. The van der Waals surface area contributed by atoms with E-state index in [1.807, 2.05) is 0 Å². The van der Waals surface area contributed by atoms with Crippen molar-refractivity contribution in [3.8, 4) is 11.4 Å². The van der Waals surface area contributed by atoms with Gasteiger partial charge in [0.25, 0.3) is 0 Å². The highest BCUT2D eigenvalue weighted by Gasteiger charge is 2.44. The maximum atomic E-state index is 14.1. The van der Waals surface area contributed by atoms with E-state index in [0.717, 1.165) is 25.0 Å². The Bertz CT molecular complexity index is 827. The minimum absolute atomic E-state index is 0.140. The van der Waals surface area contributed by atoms with Crippen LogP contribution in [0.25, 0.3) is 11.4 Å². The zero-order chi connectivity index (χ0) is 18.4. The number of rotatable bonds is 4. The van der Waals surface area contributed by atoms with E-state index in [4.69, 9.17) is 0 Å². The third-order valence-corrected chi connectivity index (χ3v) is 4.06. The van der Waals surface area contributed by atoms with Gasteiger partial charge in [-0.3, -0.25) is 4.79 Å². The summed E-state index contributed by atoms with van der Waals surface area (Å²) in [6.07, 6.45) is -3.43. The summed E-state index contributed by atoms with van der Waals surface area (Å²) in [4.78, 5) is 14.8. The zero-order valence-corrected chi connectivity index (χ0v) is 12.9. The van der Waals surface area contributed by atoms with Crippen LogP contribution in [0.1, 0.15) is 31.2 Å². The van der Waals surface area contributed by atoms with Gasteiger partial charge in [0.1, 0.15) is 0 Å². The highest BCUT2D eigenvalue weighted by molar-refractivity contribution is 5.84. The van der Waals surface area contributed by atoms with E-state index in [1.54, 1.807) is 6.92 Å². The molecule has 1 heterocycles. The SMILES string of the molecule is CC1(C(=O)NCc2ccc(-c3noc(C(F)(F)F)n3)c(F)c2F)CC1. The van der Waals surface area contributed by atoms with Crippen LogP contribution in [0, 0.1) is 17.0 Å². The smallest absolute Gasteiger partial charge is 0.351 e. The van der Waals surface area contributed by atoms with Gasteiger partial charge in [0.05, 0.1) is 5.56 Å². The summed E-state index contributed by atoms with van der Waals surface area (Å²) in [5, 5.41) is 5.53. The molecule has 0 spiro atoms. The number of aromatic nitrogens is 2. The first kappa shape index (κ1) is 17.3. The van der Waals surface area contributed by atoms with Crippen LogP contribution in [-0.2, 0) is 17.5 Å². The van der Waals surface area contributed by atoms with E-state index in [2.05, 4.69) is 20.0 Å². The van der Waals surface area contributed by atoms with E-state index >= 15 is 0 Å². The molecule has 0 aliphatic heterocycles. The molecule has 0 bridgehead atoms. The van der Waals surface area contributed by atoms with Crippen molar-refractivity contribution >= 4 is 5.91 Å². The van der Waals surface area contributed by atoms with E-state index < -0.39 is 40.5 Å². The number of amides is 1. The van der Waals surface area contributed by atoms with E-state index in [0.29, 0.717) is 0 Å². The van der Waals surface area contributed by atoms with Gasteiger partial charge in [-0.05, 0) is 18.9 Å². The van der Waals surface area contributed by atoms with Crippen molar-refractivity contribution in [1.82, 2.24) is 15.5 Å². The third-order valence-electron chi connectivity index (χ3n) is 4.06. The summed E-state index contributed by atoms with van der Waals surface area (Å²) >= 11 is 0. The third kappa shape index (κ3) is 3.33. The first-order valence-electron chi connectivity index (χ1n) is 7.28. The van der Waals surface area contributed by atoms with Crippen LogP contribution in [0.15, 0.2) is 16.7 Å². The first-order chi connectivity index (χ1) is 11.6. The van der Waals surface area contributed by atoms with Crippen LogP contribution in [0.5, 0.6) is 0 Å². The molecule has 134 valence electrons. The van der Waals surface area contributed by atoms with E-state index in [9.17, 15) is 26.7 Å². The molecule has 1 aromatic heterocycles. The molecule has 0 unspecified atom stereocenters. The largest absolute Gasteiger partial charge is 0.471 e. The molecular formula is C15H12F5N3O2. The lowest BCUT2D eigenvalue weighted by Crippen LogP contribution is -2.30. The molecule has 5 nitrogen and oxygen atoms in total. The summed E-state index contributed by atoms with van der Waals surface area (Å²) in [5.41, 5.74) is -1.17. The standard InChI is InChI=1S/C15H12F5N3O2/c1-14(4-5-14)12(24)21-6-7-2-3-8(10(17)9(7)16)11-22-13(25-23-11)15(18,19)20/h2-3H,4-6H2,1H3,(H,21,24).